The third kappa shape index (κ3) is 3.33. The molecule has 2 aliphatic rings. The summed E-state index contributed by atoms with van der Waals surface area (Å²) in [7, 11) is 1.91. The lowest BCUT2D eigenvalue weighted by atomic mass is 9.92. The van der Waals surface area contributed by atoms with Crippen molar-refractivity contribution < 1.29 is 9.53 Å². The molecule has 0 aliphatic carbocycles. The summed E-state index contributed by atoms with van der Waals surface area (Å²) >= 11 is 1.95. The van der Waals surface area contributed by atoms with Crippen LogP contribution in [0.3, 0.4) is 0 Å². The van der Waals surface area contributed by atoms with Crippen LogP contribution in [-0.2, 0) is 18.4 Å². The van der Waals surface area contributed by atoms with E-state index in [1.807, 2.05) is 71.7 Å². The van der Waals surface area contributed by atoms with Gasteiger partial charge in [-0.25, -0.2) is 0 Å². The van der Waals surface area contributed by atoms with Gasteiger partial charge in [-0.3, -0.25) is 9.78 Å². The number of hydrogen-bond donors (Lipinski definition) is 0. The van der Waals surface area contributed by atoms with Crippen LogP contribution in [0, 0.1) is 6.92 Å². The highest BCUT2D eigenvalue weighted by Gasteiger charge is 2.51. The zero-order chi connectivity index (χ0) is 17.4. The number of aryl methyl sites for hydroxylation is 2. The first-order valence-electron chi connectivity index (χ1n) is 8.63. The fraction of sp³-hybridized carbons (Fsp3) is 0.474. The van der Waals surface area contributed by atoms with Gasteiger partial charge in [-0.05, 0) is 37.6 Å². The smallest absolute Gasteiger partial charge is 0.270 e. The topological polar surface area (TPSA) is 47.4 Å². The second kappa shape index (κ2) is 6.50. The molecule has 2 aromatic heterocycles. The number of nitrogens with zero attached hydrogens (tertiary/aromatic N) is 3. The van der Waals surface area contributed by atoms with E-state index in [0.29, 0.717) is 6.61 Å². The van der Waals surface area contributed by atoms with Crippen molar-refractivity contribution >= 4 is 17.7 Å². The summed E-state index contributed by atoms with van der Waals surface area (Å²) in [5, 5.41) is 0. The zero-order valence-electron chi connectivity index (χ0n) is 14.6. The number of carbonyl (C=O) groups excluding carboxylic acids is 1. The Morgan fingerprint density at radius 3 is 2.92 bits per heavy atom. The molecule has 0 saturated carbocycles. The highest BCUT2D eigenvalue weighted by molar-refractivity contribution is 8.01. The summed E-state index contributed by atoms with van der Waals surface area (Å²) in [5.74, 6) is 1.13. The second-order valence-electron chi connectivity index (χ2n) is 7.07. The molecule has 0 radical (unpaired) electrons. The molecule has 4 heterocycles. The van der Waals surface area contributed by atoms with E-state index in [0.717, 1.165) is 42.3 Å². The number of amides is 1. The quantitative estimate of drug-likeness (QED) is 0.844. The largest absolute Gasteiger partial charge is 0.371 e. The first kappa shape index (κ1) is 16.7. The lowest BCUT2D eigenvalue weighted by molar-refractivity contribution is 0.0241. The van der Waals surface area contributed by atoms with Crippen molar-refractivity contribution in [3.63, 3.8) is 0 Å². The van der Waals surface area contributed by atoms with Crippen LogP contribution < -0.4 is 0 Å². The van der Waals surface area contributed by atoms with Crippen LogP contribution in [0.15, 0.2) is 36.5 Å². The third-order valence-corrected chi connectivity index (χ3v) is 6.57. The van der Waals surface area contributed by atoms with E-state index in [1.54, 1.807) is 0 Å². The van der Waals surface area contributed by atoms with Gasteiger partial charge in [0.25, 0.3) is 5.91 Å². The molecule has 2 fully saturated rings. The number of carbonyl (C=O) groups is 1. The van der Waals surface area contributed by atoms with Crippen LogP contribution in [0.1, 0.15) is 28.3 Å². The van der Waals surface area contributed by atoms with Crippen LogP contribution in [0.4, 0.5) is 0 Å². The predicted molar refractivity (Wildman–Crippen MR) is 98.7 cm³/mol. The summed E-state index contributed by atoms with van der Waals surface area (Å²) < 4.78 is 8.14. The Morgan fingerprint density at radius 1 is 1.36 bits per heavy atom. The molecule has 6 heteroatoms. The highest BCUT2D eigenvalue weighted by Crippen LogP contribution is 2.46. The van der Waals surface area contributed by atoms with E-state index in [2.05, 4.69) is 4.98 Å². The number of likely N-dealkylation sites (tertiary alicyclic amines) is 1. The van der Waals surface area contributed by atoms with Gasteiger partial charge in [0.15, 0.2) is 0 Å². The molecule has 4 rings (SSSR count). The fourth-order valence-corrected chi connectivity index (χ4v) is 5.20. The maximum absolute atomic E-state index is 12.5. The van der Waals surface area contributed by atoms with Crippen molar-refractivity contribution in [2.24, 2.45) is 7.05 Å². The Labute approximate surface area is 152 Å². The van der Waals surface area contributed by atoms with Crippen LogP contribution in [0.2, 0.25) is 0 Å². The number of rotatable bonds is 4. The molecule has 1 amide bonds. The average Bonchev–Trinajstić information content (AvgIpc) is 3.17. The van der Waals surface area contributed by atoms with E-state index in [-0.39, 0.29) is 16.8 Å². The minimum absolute atomic E-state index is 0.132. The van der Waals surface area contributed by atoms with Crippen LogP contribution in [-0.4, -0.2) is 50.1 Å². The number of aromatic nitrogens is 2. The van der Waals surface area contributed by atoms with E-state index in [1.165, 1.54) is 0 Å². The molecule has 0 aromatic carbocycles. The summed E-state index contributed by atoms with van der Waals surface area (Å²) in [5.41, 5.74) is 2.77. The van der Waals surface area contributed by atoms with Gasteiger partial charge in [-0.2, -0.15) is 0 Å². The number of ether oxygens (including phenoxy) is 1. The molecular weight excluding hydrogens is 334 g/mol. The van der Waals surface area contributed by atoms with Gasteiger partial charge in [0.1, 0.15) is 5.69 Å². The van der Waals surface area contributed by atoms with Crippen molar-refractivity contribution in [3.8, 4) is 0 Å². The first-order valence-corrected chi connectivity index (χ1v) is 9.62. The van der Waals surface area contributed by atoms with E-state index in [9.17, 15) is 4.79 Å². The number of thioether (sulfide) groups is 1. The summed E-state index contributed by atoms with van der Waals surface area (Å²) in [6, 6.07) is 9.82. The average molecular weight is 357 g/mol. The van der Waals surface area contributed by atoms with Crippen molar-refractivity contribution in [3.05, 3.63) is 53.6 Å². The molecule has 2 aromatic rings. The Morgan fingerprint density at radius 2 is 2.20 bits per heavy atom. The lowest BCUT2D eigenvalue weighted by Gasteiger charge is -2.47. The molecule has 132 valence electrons. The van der Waals surface area contributed by atoms with E-state index in [4.69, 9.17) is 4.74 Å². The van der Waals surface area contributed by atoms with Crippen molar-refractivity contribution in [2.45, 2.75) is 30.8 Å². The maximum Gasteiger partial charge on any atom is 0.270 e. The predicted octanol–water partition coefficient (Wildman–Crippen LogP) is 2.65. The Bertz CT molecular complexity index is 782. The third-order valence-electron chi connectivity index (χ3n) is 5.00. The first-order chi connectivity index (χ1) is 12.0. The van der Waals surface area contributed by atoms with Crippen molar-refractivity contribution in [2.75, 3.05) is 18.8 Å². The van der Waals surface area contributed by atoms with Crippen LogP contribution in [0.25, 0.3) is 0 Å². The Kier molecular flexibility index (Phi) is 4.33. The molecule has 5 nitrogen and oxygen atoms in total. The van der Waals surface area contributed by atoms with Gasteiger partial charge in [0, 0.05) is 37.8 Å². The molecule has 0 bridgehead atoms. The Balaban J connectivity index is 1.29. The number of pyridine rings is 1. The molecule has 1 spiro atoms. The normalized spacial score (nSPS) is 21.5. The molecule has 2 aliphatic heterocycles. The van der Waals surface area contributed by atoms with Gasteiger partial charge in [-0.15, -0.1) is 11.8 Å². The van der Waals surface area contributed by atoms with Gasteiger partial charge in [0.2, 0.25) is 0 Å². The van der Waals surface area contributed by atoms with Crippen molar-refractivity contribution in [1.29, 1.82) is 0 Å². The molecule has 2 saturated heterocycles. The minimum atomic E-state index is 0.132. The standard InChI is InChI=1S/C19H23N3O2S/c1-14-5-3-6-15(20-14)10-24-16-9-19(25-11-16)12-22(13-19)18(23)17-7-4-8-21(17)2/h3-8,16H,9-13H2,1-2H3. The van der Waals surface area contributed by atoms with Gasteiger partial charge >= 0.3 is 0 Å². The van der Waals surface area contributed by atoms with Crippen LogP contribution in [0.5, 0.6) is 0 Å². The fourth-order valence-electron chi connectivity index (χ4n) is 3.65. The summed E-state index contributed by atoms with van der Waals surface area (Å²) in [6.07, 6.45) is 3.18. The van der Waals surface area contributed by atoms with E-state index >= 15 is 0 Å². The molecule has 0 N–H and O–H groups in total. The van der Waals surface area contributed by atoms with Gasteiger partial charge in [-0.1, -0.05) is 6.07 Å². The lowest BCUT2D eigenvalue weighted by Crippen LogP contribution is -2.61. The number of hydrogen-bond acceptors (Lipinski definition) is 4. The summed E-state index contributed by atoms with van der Waals surface area (Å²) in [4.78, 5) is 19.0. The van der Waals surface area contributed by atoms with Crippen molar-refractivity contribution in [1.82, 2.24) is 14.5 Å². The monoisotopic (exact) mass is 357 g/mol. The highest BCUT2D eigenvalue weighted by atomic mass is 32.2. The van der Waals surface area contributed by atoms with Crippen LogP contribution >= 0.6 is 11.8 Å². The molecule has 1 atom stereocenters. The minimum Gasteiger partial charge on any atom is -0.371 e. The molecule has 25 heavy (non-hydrogen) atoms. The zero-order valence-corrected chi connectivity index (χ0v) is 15.5. The summed E-state index contributed by atoms with van der Waals surface area (Å²) in [6.45, 7) is 4.21. The molecule has 1 unspecified atom stereocenters. The van der Waals surface area contributed by atoms with Gasteiger partial charge in [0.05, 0.1) is 23.2 Å². The SMILES string of the molecule is Cc1cccc(COC2CSC3(C2)CN(C(=O)c2cccn2C)C3)n1. The van der Waals surface area contributed by atoms with Gasteiger partial charge < -0.3 is 14.2 Å². The molecular formula is C19H23N3O2S. The maximum atomic E-state index is 12.5. The van der Waals surface area contributed by atoms with E-state index < -0.39 is 0 Å². The Hall–Kier alpha value is -1.79. The second-order valence-corrected chi connectivity index (χ2v) is 8.56.